The van der Waals surface area contributed by atoms with Crippen LogP contribution in [0.4, 0.5) is 0 Å². The minimum Gasteiger partial charge on any atom is -0.378 e. The van der Waals surface area contributed by atoms with Gasteiger partial charge in [-0.25, -0.2) is 0 Å². The van der Waals surface area contributed by atoms with E-state index in [0.29, 0.717) is 14.7 Å². The molecule has 72 valence electrons. The van der Waals surface area contributed by atoms with E-state index in [1.54, 1.807) is 12.1 Å². The molecular weight excluding hydrogens is 392 g/mol. The Kier molecular flexibility index (Phi) is 4.37. The lowest BCUT2D eigenvalue weighted by molar-refractivity contribution is 0.455. The van der Waals surface area contributed by atoms with Crippen molar-refractivity contribution >= 4 is 59.2 Å². The summed E-state index contributed by atoms with van der Waals surface area (Å²) in [7, 11) is 0. The standard InChI is InChI=1S/C6H3Br3O3S/c7-3-1-4(8)6(5(9)2-3)12-13(10)11/h1-2H,(H,10,11). The topological polar surface area (TPSA) is 46.5 Å². The van der Waals surface area contributed by atoms with Crippen molar-refractivity contribution in [2.45, 2.75) is 0 Å². The van der Waals surface area contributed by atoms with Crippen LogP contribution in [0, 0.1) is 0 Å². The third-order valence-electron chi connectivity index (χ3n) is 1.12. The second kappa shape index (κ2) is 4.88. The molecule has 0 saturated carbocycles. The minimum atomic E-state index is -2.32. The predicted molar refractivity (Wildman–Crippen MR) is 60.9 cm³/mol. The van der Waals surface area contributed by atoms with Gasteiger partial charge in [-0.1, -0.05) is 15.9 Å². The molecule has 0 amide bonds. The minimum absolute atomic E-state index is 0.295. The van der Waals surface area contributed by atoms with Gasteiger partial charge in [-0.15, -0.1) is 0 Å². The molecule has 1 aromatic rings. The van der Waals surface area contributed by atoms with Gasteiger partial charge in [0.15, 0.2) is 5.75 Å². The van der Waals surface area contributed by atoms with Crippen LogP contribution >= 0.6 is 47.8 Å². The van der Waals surface area contributed by atoms with Crippen LogP contribution in [-0.4, -0.2) is 8.76 Å². The van der Waals surface area contributed by atoms with E-state index in [4.69, 9.17) is 4.55 Å². The molecule has 0 bridgehead atoms. The molecule has 0 spiro atoms. The molecule has 3 nitrogen and oxygen atoms in total. The van der Waals surface area contributed by atoms with Gasteiger partial charge in [0, 0.05) is 4.47 Å². The third-order valence-corrected chi connectivity index (χ3v) is 3.06. The molecule has 1 rings (SSSR count). The largest absolute Gasteiger partial charge is 0.378 e. The quantitative estimate of drug-likeness (QED) is 0.781. The molecule has 1 unspecified atom stereocenters. The van der Waals surface area contributed by atoms with Crippen molar-refractivity contribution in [3.63, 3.8) is 0 Å². The first kappa shape index (κ1) is 11.6. The summed E-state index contributed by atoms with van der Waals surface area (Å²) in [6.45, 7) is 0. The van der Waals surface area contributed by atoms with E-state index >= 15 is 0 Å². The maximum Gasteiger partial charge on any atom is 0.357 e. The van der Waals surface area contributed by atoms with Crippen LogP contribution in [0.25, 0.3) is 0 Å². The van der Waals surface area contributed by atoms with Crippen molar-refractivity contribution in [1.82, 2.24) is 0 Å². The number of benzene rings is 1. The summed E-state index contributed by atoms with van der Waals surface area (Å²) in [5.74, 6) is 0.295. The van der Waals surface area contributed by atoms with Gasteiger partial charge in [0.1, 0.15) is 0 Å². The van der Waals surface area contributed by atoms with Crippen LogP contribution in [0.15, 0.2) is 25.6 Å². The number of hydrogen-bond donors (Lipinski definition) is 1. The van der Waals surface area contributed by atoms with Crippen molar-refractivity contribution in [2.75, 3.05) is 0 Å². The van der Waals surface area contributed by atoms with E-state index in [1.165, 1.54) is 0 Å². The van der Waals surface area contributed by atoms with Gasteiger partial charge >= 0.3 is 11.4 Å². The highest BCUT2D eigenvalue weighted by atomic mass is 79.9. The Morgan fingerprint density at radius 2 is 1.69 bits per heavy atom. The Morgan fingerprint density at radius 3 is 2.08 bits per heavy atom. The molecule has 0 saturated heterocycles. The van der Waals surface area contributed by atoms with Crippen LogP contribution < -0.4 is 4.18 Å². The van der Waals surface area contributed by atoms with Crippen molar-refractivity contribution in [3.8, 4) is 5.75 Å². The first-order valence-corrected chi connectivity index (χ1v) is 6.35. The molecule has 7 heteroatoms. The fourth-order valence-electron chi connectivity index (χ4n) is 0.680. The van der Waals surface area contributed by atoms with E-state index < -0.39 is 11.4 Å². The summed E-state index contributed by atoms with van der Waals surface area (Å²) in [6, 6.07) is 3.43. The smallest absolute Gasteiger partial charge is 0.357 e. The number of rotatable bonds is 2. The number of hydrogen-bond acceptors (Lipinski definition) is 2. The van der Waals surface area contributed by atoms with Gasteiger partial charge in [0.05, 0.1) is 8.95 Å². The summed E-state index contributed by atoms with van der Waals surface area (Å²) in [5, 5.41) is 0. The highest BCUT2D eigenvalue weighted by Crippen LogP contribution is 2.36. The van der Waals surface area contributed by atoms with E-state index in [9.17, 15) is 4.21 Å². The lowest BCUT2D eigenvalue weighted by atomic mass is 10.3. The Balaban J connectivity index is 3.13. The van der Waals surface area contributed by atoms with Crippen LogP contribution in [0.2, 0.25) is 0 Å². The van der Waals surface area contributed by atoms with Gasteiger partial charge in [0.2, 0.25) is 0 Å². The predicted octanol–water partition coefficient (Wildman–Crippen LogP) is 3.49. The first-order chi connectivity index (χ1) is 6.00. The molecule has 0 aliphatic rings. The molecule has 1 aromatic carbocycles. The molecule has 0 radical (unpaired) electrons. The highest BCUT2D eigenvalue weighted by Gasteiger charge is 2.10. The zero-order valence-electron chi connectivity index (χ0n) is 5.96. The van der Waals surface area contributed by atoms with Crippen LogP contribution in [-0.2, 0) is 11.4 Å². The summed E-state index contributed by atoms with van der Waals surface area (Å²) >= 11 is 7.33. The summed E-state index contributed by atoms with van der Waals surface area (Å²) < 4.78 is 25.6. The van der Waals surface area contributed by atoms with Gasteiger partial charge in [-0.05, 0) is 44.0 Å². The van der Waals surface area contributed by atoms with Crippen molar-refractivity contribution in [1.29, 1.82) is 0 Å². The Labute approximate surface area is 103 Å². The lowest BCUT2D eigenvalue weighted by Gasteiger charge is -2.05. The van der Waals surface area contributed by atoms with Crippen molar-refractivity contribution < 1.29 is 12.9 Å². The molecule has 1 N–H and O–H groups in total. The van der Waals surface area contributed by atoms with Crippen molar-refractivity contribution in [3.05, 3.63) is 25.6 Å². The second-order valence-electron chi connectivity index (χ2n) is 2.00. The SMILES string of the molecule is O=S(O)Oc1c(Br)cc(Br)cc1Br. The van der Waals surface area contributed by atoms with E-state index in [-0.39, 0.29) is 0 Å². The Bertz CT molecular complexity index is 332. The van der Waals surface area contributed by atoms with E-state index in [2.05, 4.69) is 52.0 Å². The third kappa shape index (κ3) is 3.32. The van der Waals surface area contributed by atoms with Gasteiger partial charge in [0.25, 0.3) is 0 Å². The normalized spacial score (nSPS) is 12.6. The maximum atomic E-state index is 10.4. The summed E-state index contributed by atoms with van der Waals surface area (Å²) in [5.41, 5.74) is 0. The maximum absolute atomic E-state index is 10.4. The average Bonchev–Trinajstić information content (AvgIpc) is 1.96. The molecule has 0 fully saturated rings. The molecule has 0 heterocycles. The molecule has 0 aliphatic carbocycles. The summed E-state index contributed by atoms with van der Waals surface area (Å²) in [6.07, 6.45) is 0. The fraction of sp³-hybridized carbons (Fsp3) is 0. The molecule has 0 aliphatic heterocycles. The summed E-state index contributed by atoms with van der Waals surface area (Å²) in [4.78, 5) is 0. The van der Waals surface area contributed by atoms with Gasteiger partial charge < -0.3 is 4.18 Å². The van der Waals surface area contributed by atoms with Crippen LogP contribution in [0.1, 0.15) is 0 Å². The molecule has 13 heavy (non-hydrogen) atoms. The van der Waals surface area contributed by atoms with E-state index in [0.717, 1.165) is 4.47 Å². The van der Waals surface area contributed by atoms with Gasteiger partial charge in [-0.2, -0.15) is 4.21 Å². The second-order valence-corrected chi connectivity index (χ2v) is 5.22. The zero-order chi connectivity index (χ0) is 10.0. The molecule has 0 aromatic heterocycles. The Hall–Kier alpha value is 0.570. The van der Waals surface area contributed by atoms with Crippen LogP contribution in [0.3, 0.4) is 0 Å². The van der Waals surface area contributed by atoms with Crippen molar-refractivity contribution in [2.24, 2.45) is 0 Å². The lowest BCUT2D eigenvalue weighted by Crippen LogP contribution is -1.98. The van der Waals surface area contributed by atoms with Gasteiger partial charge in [-0.3, -0.25) is 4.55 Å². The Morgan fingerprint density at radius 1 is 1.23 bits per heavy atom. The zero-order valence-corrected chi connectivity index (χ0v) is 11.5. The van der Waals surface area contributed by atoms with E-state index in [1.807, 2.05) is 0 Å². The number of halogens is 3. The average molecular weight is 395 g/mol. The fourth-order valence-corrected chi connectivity index (χ4v) is 3.64. The highest BCUT2D eigenvalue weighted by molar-refractivity contribution is 9.11. The monoisotopic (exact) mass is 392 g/mol. The first-order valence-electron chi connectivity index (χ1n) is 2.94. The molecular formula is C6H3Br3O3S. The van der Waals surface area contributed by atoms with Crippen LogP contribution in [0.5, 0.6) is 5.75 Å². The molecule has 1 atom stereocenters.